The van der Waals surface area contributed by atoms with E-state index in [0.717, 1.165) is 30.6 Å². The summed E-state index contributed by atoms with van der Waals surface area (Å²) in [6, 6.07) is 6.28. The Morgan fingerprint density at radius 1 is 1.33 bits per heavy atom. The monoisotopic (exact) mass is 329 g/mol. The van der Waals surface area contributed by atoms with Crippen LogP contribution in [0, 0.1) is 13.8 Å². The Kier molecular flexibility index (Phi) is 5.21. The summed E-state index contributed by atoms with van der Waals surface area (Å²) in [7, 11) is 0. The SMILES string of the molecule is CC[C@@H](C(=O)NCc1ccc2[nH]c(C)c(C)c2c1)N1CCOCC1. The lowest BCUT2D eigenvalue weighted by Gasteiger charge is -2.32. The fourth-order valence-electron chi connectivity index (χ4n) is 3.42. The first kappa shape index (κ1) is 17.0. The molecule has 1 aromatic heterocycles. The van der Waals surface area contributed by atoms with Gasteiger partial charge in [-0.15, -0.1) is 0 Å². The Morgan fingerprint density at radius 2 is 2.08 bits per heavy atom. The van der Waals surface area contributed by atoms with Gasteiger partial charge in [0.2, 0.25) is 5.91 Å². The third kappa shape index (κ3) is 3.47. The van der Waals surface area contributed by atoms with Crippen LogP contribution in [0.2, 0.25) is 0 Å². The van der Waals surface area contributed by atoms with Crippen molar-refractivity contribution in [3.05, 3.63) is 35.0 Å². The Labute approximate surface area is 143 Å². The second kappa shape index (κ2) is 7.36. The Morgan fingerprint density at radius 3 is 2.79 bits per heavy atom. The summed E-state index contributed by atoms with van der Waals surface area (Å²) in [5.74, 6) is 0.112. The molecule has 2 aromatic rings. The van der Waals surface area contributed by atoms with Crippen LogP contribution in [0.15, 0.2) is 18.2 Å². The maximum Gasteiger partial charge on any atom is 0.237 e. The fraction of sp³-hybridized carbons (Fsp3) is 0.526. The van der Waals surface area contributed by atoms with Crippen LogP contribution in [0.1, 0.15) is 30.2 Å². The van der Waals surface area contributed by atoms with Crippen molar-refractivity contribution in [2.75, 3.05) is 26.3 Å². The molecule has 5 nitrogen and oxygen atoms in total. The normalized spacial score (nSPS) is 17.1. The molecule has 24 heavy (non-hydrogen) atoms. The second-order valence-electron chi connectivity index (χ2n) is 6.55. The van der Waals surface area contributed by atoms with Gasteiger partial charge in [-0.3, -0.25) is 9.69 Å². The van der Waals surface area contributed by atoms with E-state index in [-0.39, 0.29) is 11.9 Å². The Hall–Kier alpha value is -1.85. The molecule has 0 saturated carbocycles. The molecule has 2 N–H and O–H groups in total. The average molecular weight is 329 g/mol. The first-order valence-electron chi connectivity index (χ1n) is 8.77. The molecule has 1 aliphatic heterocycles. The van der Waals surface area contributed by atoms with Gasteiger partial charge in [0, 0.05) is 36.2 Å². The molecule has 0 aliphatic carbocycles. The van der Waals surface area contributed by atoms with Crippen molar-refractivity contribution in [3.63, 3.8) is 0 Å². The van der Waals surface area contributed by atoms with E-state index in [1.165, 1.54) is 16.6 Å². The third-order valence-corrected chi connectivity index (χ3v) is 5.02. The van der Waals surface area contributed by atoms with Crippen LogP contribution in [-0.2, 0) is 16.1 Å². The molecule has 130 valence electrons. The standard InChI is InChI=1S/C19H27N3O2/c1-4-18(22-7-9-24-10-8-22)19(23)20-12-15-5-6-17-16(11-15)13(2)14(3)21-17/h5-6,11,18,21H,4,7-10,12H2,1-3H3,(H,20,23)/t18-/m0/s1. The smallest absolute Gasteiger partial charge is 0.237 e. The van der Waals surface area contributed by atoms with Gasteiger partial charge >= 0.3 is 0 Å². The zero-order valence-electron chi connectivity index (χ0n) is 14.8. The number of aryl methyl sites for hydroxylation is 2. The number of amides is 1. The van der Waals surface area contributed by atoms with Crippen molar-refractivity contribution in [2.24, 2.45) is 0 Å². The van der Waals surface area contributed by atoms with Gasteiger partial charge in [-0.25, -0.2) is 0 Å². The lowest BCUT2D eigenvalue weighted by molar-refractivity contribution is -0.128. The molecular weight excluding hydrogens is 302 g/mol. The molecule has 0 unspecified atom stereocenters. The van der Waals surface area contributed by atoms with Gasteiger partial charge in [-0.2, -0.15) is 0 Å². The van der Waals surface area contributed by atoms with Crippen LogP contribution < -0.4 is 5.32 Å². The highest BCUT2D eigenvalue weighted by molar-refractivity contribution is 5.85. The third-order valence-electron chi connectivity index (χ3n) is 5.02. The maximum absolute atomic E-state index is 12.6. The van der Waals surface area contributed by atoms with E-state index in [1.54, 1.807) is 0 Å². The number of ether oxygens (including phenoxy) is 1. The van der Waals surface area contributed by atoms with Crippen molar-refractivity contribution in [3.8, 4) is 0 Å². The Balaban J connectivity index is 1.65. The van der Waals surface area contributed by atoms with Crippen LogP contribution in [0.5, 0.6) is 0 Å². The van der Waals surface area contributed by atoms with Gasteiger partial charge in [-0.1, -0.05) is 13.0 Å². The molecule has 1 aliphatic rings. The predicted molar refractivity (Wildman–Crippen MR) is 96.1 cm³/mol. The number of H-pyrrole nitrogens is 1. The van der Waals surface area contributed by atoms with Crippen LogP contribution in [-0.4, -0.2) is 48.1 Å². The summed E-state index contributed by atoms with van der Waals surface area (Å²) in [6.07, 6.45) is 0.820. The minimum absolute atomic E-state index is 0.0612. The molecule has 3 rings (SSSR count). The summed E-state index contributed by atoms with van der Waals surface area (Å²) in [4.78, 5) is 18.2. The van der Waals surface area contributed by atoms with E-state index < -0.39 is 0 Å². The highest BCUT2D eigenvalue weighted by Crippen LogP contribution is 2.22. The molecule has 1 aromatic carbocycles. The van der Waals surface area contributed by atoms with Gasteiger partial charge < -0.3 is 15.0 Å². The Bertz CT molecular complexity index is 717. The number of carbonyl (C=O) groups is 1. The molecule has 1 amide bonds. The largest absolute Gasteiger partial charge is 0.379 e. The molecule has 1 fully saturated rings. The zero-order chi connectivity index (χ0) is 17.1. The van der Waals surface area contributed by atoms with Crippen LogP contribution in [0.25, 0.3) is 10.9 Å². The van der Waals surface area contributed by atoms with E-state index >= 15 is 0 Å². The highest BCUT2D eigenvalue weighted by atomic mass is 16.5. The summed E-state index contributed by atoms with van der Waals surface area (Å²) in [6.45, 7) is 9.95. The van der Waals surface area contributed by atoms with Gasteiger partial charge in [0.25, 0.3) is 0 Å². The van der Waals surface area contributed by atoms with E-state index in [9.17, 15) is 4.79 Å². The molecule has 0 bridgehead atoms. The van der Waals surface area contributed by atoms with E-state index in [4.69, 9.17) is 4.74 Å². The van der Waals surface area contributed by atoms with Gasteiger partial charge in [-0.05, 0) is 43.5 Å². The van der Waals surface area contributed by atoms with Crippen molar-refractivity contribution in [2.45, 2.75) is 39.8 Å². The number of fused-ring (bicyclic) bond motifs is 1. The molecule has 2 heterocycles. The number of rotatable bonds is 5. The molecule has 1 atom stereocenters. The van der Waals surface area contributed by atoms with Gasteiger partial charge in [0.05, 0.1) is 19.3 Å². The minimum Gasteiger partial charge on any atom is -0.379 e. The van der Waals surface area contributed by atoms with Crippen molar-refractivity contribution in [1.29, 1.82) is 0 Å². The van der Waals surface area contributed by atoms with E-state index in [0.29, 0.717) is 19.8 Å². The number of aromatic amines is 1. The average Bonchev–Trinajstić information content (AvgIpc) is 2.89. The number of hydrogen-bond donors (Lipinski definition) is 2. The van der Waals surface area contributed by atoms with Crippen LogP contribution >= 0.6 is 0 Å². The number of morpholine rings is 1. The minimum atomic E-state index is -0.0612. The summed E-state index contributed by atoms with van der Waals surface area (Å²) in [5.41, 5.74) is 4.76. The molecule has 5 heteroatoms. The van der Waals surface area contributed by atoms with E-state index in [2.05, 4.69) is 54.2 Å². The number of aromatic nitrogens is 1. The lowest BCUT2D eigenvalue weighted by atomic mass is 10.1. The summed E-state index contributed by atoms with van der Waals surface area (Å²) < 4.78 is 5.38. The lowest BCUT2D eigenvalue weighted by Crippen LogP contribution is -2.50. The summed E-state index contributed by atoms with van der Waals surface area (Å²) in [5, 5.41) is 4.34. The predicted octanol–water partition coefficient (Wildman–Crippen LogP) is 2.51. The maximum atomic E-state index is 12.6. The molecule has 1 saturated heterocycles. The van der Waals surface area contributed by atoms with Crippen molar-refractivity contribution < 1.29 is 9.53 Å². The summed E-state index contributed by atoms with van der Waals surface area (Å²) >= 11 is 0. The van der Waals surface area contributed by atoms with Crippen molar-refractivity contribution in [1.82, 2.24) is 15.2 Å². The topological polar surface area (TPSA) is 57.4 Å². The number of nitrogens with one attached hydrogen (secondary N) is 2. The van der Waals surface area contributed by atoms with Crippen LogP contribution in [0.3, 0.4) is 0 Å². The number of benzene rings is 1. The van der Waals surface area contributed by atoms with Gasteiger partial charge in [0.1, 0.15) is 0 Å². The van der Waals surface area contributed by atoms with E-state index in [1.807, 2.05) is 0 Å². The molecule has 0 radical (unpaired) electrons. The zero-order valence-corrected chi connectivity index (χ0v) is 14.8. The number of hydrogen-bond acceptors (Lipinski definition) is 3. The first-order valence-corrected chi connectivity index (χ1v) is 8.77. The van der Waals surface area contributed by atoms with Crippen molar-refractivity contribution >= 4 is 16.8 Å². The molecule has 0 spiro atoms. The quantitative estimate of drug-likeness (QED) is 0.886. The first-order chi connectivity index (χ1) is 11.6. The highest BCUT2D eigenvalue weighted by Gasteiger charge is 2.25. The van der Waals surface area contributed by atoms with Gasteiger partial charge in [0.15, 0.2) is 0 Å². The number of carbonyl (C=O) groups excluding carboxylic acids is 1. The second-order valence-corrected chi connectivity index (χ2v) is 6.55. The number of nitrogens with zero attached hydrogens (tertiary/aromatic N) is 1. The fourth-order valence-corrected chi connectivity index (χ4v) is 3.42. The van der Waals surface area contributed by atoms with Crippen LogP contribution in [0.4, 0.5) is 0 Å². The molecular formula is C19H27N3O2.